The number of guanidine groups is 1. The Kier molecular flexibility index (Phi) is 4.52. The molecule has 2 rings (SSSR count). The van der Waals surface area contributed by atoms with Gasteiger partial charge in [0.2, 0.25) is 0 Å². The maximum Gasteiger partial charge on any atom is 0.193 e. The lowest BCUT2D eigenvalue weighted by atomic mass is 9.65. The van der Waals surface area contributed by atoms with Gasteiger partial charge in [-0.2, -0.15) is 0 Å². The van der Waals surface area contributed by atoms with Crippen molar-refractivity contribution in [1.29, 1.82) is 0 Å². The van der Waals surface area contributed by atoms with Gasteiger partial charge in [-0.3, -0.25) is 4.99 Å². The van der Waals surface area contributed by atoms with Crippen molar-refractivity contribution >= 4 is 5.96 Å². The largest absolute Gasteiger partial charge is 0.356 e. The van der Waals surface area contributed by atoms with Crippen molar-refractivity contribution in [2.45, 2.75) is 51.9 Å². The third kappa shape index (κ3) is 2.99. The highest BCUT2D eigenvalue weighted by molar-refractivity contribution is 5.79. The van der Waals surface area contributed by atoms with Crippen molar-refractivity contribution in [2.24, 2.45) is 16.3 Å². The highest BCUT2D eigenvalue weighted by Crippen LogP contribution is 2.56. The molecule has 0 aromatic carbocycles. The molecule has 0 radical (unpaired) electrons. The summed E-state index contributed by atoms with van der Waals surface area (Å²) in [4.78, 5) is 6.68. The first-order valence-corrected chi connectivity index (χ1v) is 7.63. The van der Waals surface area contributed by atoms with Gasteiger partial charge in [-0.25, -0.2) is 0 Å². The van der Waals surface area contributed by atoms with Crippen LogP contribution in [0.4, 0.5) is 0 Å². The molecule has 2 aliphatic rings. The summed E-state index contributed by atoms with van der Waals surface area (Å²) in [7, 11) is 4.05. The Balaban J connectivity index is 1.79. The van der Waals surface area contributed by atoms with E-state index in [0.717, 1.165) is 25.0 Å². The summed E-state index contributed by atoms with van der Waals surface area (Å²) in [6, 6.07) is 0. The van der Waals surface area contributed by atoms with Gasteiger partial charge in [0, 0.05) is 27.2 Å². The van der Waals surface area contributed by atoms with Crippen LogP contribution >= 0.6 is 0 Å². The predicted molar refractivity (Wildman–Crippen MR) is 77.9 cm³/mol. The van der Waals surface area contributed by atoms with E-state index in [1.54, 1.807) is 0 Å². The number of rotatable bonds is 6. The van der Waals surface area contributed by atoms with Crippen molar-refractivity contribution in [1.82, 2.24) is 10.2 Å². The van der Waals surface area contributed by atoms with Gasteiger partial charge in [0.1, 0.15) is 0 Å². The molecule has 0 bridgehead atoms. The van der Waals surface area contributed by atoms with E-state index in [4.69, 9.17) is 0 Å². The summed E-state index contributed by atoms with van der Waals surface area (Å²) in [6.07, 6.45) is 9.71. The highest BCUT2D eigenvalue weighted by atomic mass is 15.3. The van der Waals surface area contributed by atoms with Crippen LogP contribution < -0.4 is 5.32 Å². The molecule has 0 atom stereocenters. The molecular weight excluding hydrogens is 222 g/mol. The first-order valence-electron chi connectivity index (χ1n) is 7.63. The van der Waals surface area contributed by atoms with Crippen LogP contribution in [0.5, 0.6) is 0 Å². The Hall–Kier alpha value is -0.730. The van der Waals surface area contributed by atoms with E-state index in [0.29, 0.717) is 5.41 Å². The van der Waals surface area contributed by atoms with Gasteiger partial charge < -0.3 is 10.2 Å². The van der Waals surface area contributed by atoms with Gasteiger partial charge in [-0.1, -0.05) is 19.8 Å². The van der Waals surface area contributed by atoms with E-state index in [1.807, 2.05) is 7.05 Å². The van der Waals surface area contributed by atoms with Crippen molar-refractivity contribution < 1.29 is 0 Å². The molecule has 2 fully saturated rings. The van der Waals surface area contributed by atoms with E-state index in [-0.39, 0.29) is 0 Å². The van der Waals surface area contributed by atoms with E-state index in [2.05, 4.69) is 29.2 Å². The molecule has 0 aromatic heterocycles. The molecule has 0 spiro atoms. The second-order valence-corrected chi connectivity index (χ2v) is 6.17. The van der Waals surface area contributed by atoms with Crippen LogP contribution in [-0.4, -0.2) is 38.0 Å². The van der Waals surface area contributed by atoms with Gasteiger partial charge in [0.15, 0.2) is 5.96 Å². The van der Waals surface area contributed by atoms with Gasteiger partial charge >= 0.3 is 0 Å². The van der Waals surface area contributed by atoms with Gasteiger partial charge in [-0.05, 0) is 43.4 Å². The van der Waals surface area contributed by atoms with E-state index >= 15 is 0 Å². The Labute approximate surface area is 112 Å². The minimum absolute atomic E-state index is 0.627. The number of aliphatic imine (C=N–C) groups is 1. The maximum absolute atomic E-state index is 4.41. The van der Waals surface area contributed by atoms with Gasteiger partial charge in [0.05, 0.1) is 0 Å². The van der Waals surface area contributed by atoms with E-state index < -0.39 is 0 Å². The fourth-order valence-electron chi connectivity index (χ4n) is 3.20. The highest BCUT2D eigenvalue weighted by Gasteiger charge is 2.48. The normalized spacial score (nSPS) is 22.5. The topological polar surface area (TPSA) is 27.6 Å². The minimum atomic E-state index is 0.627. The number of hydrogen-bond donors (Lipinski definition) is 1. The summed E-state index contributed by atoms with van der Waals surface area (Å²) in [5.74, 6) is 2.09. The number of unbranched alkanes of at least 4 members (excludes halogenated alkanes) is 1. The monoisotopic (exact) mass is 251 g/mol. The number of nitrogens with zero attached hydrogens (tertiary/aromatic N) is 2. The Morgan fingerprint density at radius 2 is 2.11 bits per heavy atom. The van der Waals surface area contributed by atoms with Crippen LogP contribution in [0, 0.1) is 11.3 Å². The SMILES string of the molecule is CCCCN(C)C(=NC)NCC1(C2CC2)CCC1. The number of hydrogen-bond acceptors (Lipinski definition) is 1. The molecule has 104 valence electrons. The lowest BCUT2D eigenvalue weighted by Crippen LogP contribution is -2.48. The van der Waals surface area contributed by atoms with E-state index in [1.165, 1.54) is 44.9 Å². The van der Waals surface area contributed by atoms with Crippen LogP contribution in [0.2, 0.25) is 0 Å². The summed E-state index contributed by atoms with van der Waals surface area (Å²) in [5, 5.41) is 3.62. The molecule has 2 saturated carbocycles. The third-order valence-corrected chi connectivity index (χ3v) is 4.81. The van der Waals surface area contributed by atoms with Crippen LogP contribution in [0.1, 0.15) is 51.9 Å². The van der Waals surface area contributed by atoms with Crippen LogP contribution in [0.15, 0.2) is 4.99 Å². The predicted octanol–water partition coefficient (Wildman–Crippen LogP) is 2.87. The Morgan fingerprint density at radius 3 is 2.56 bits per heavy atom. The fraction of sp³-hybridized carbons (Fsp3) is 0.933. The summed E-state index contributed by atoms with van der Waals surface area (Å²) >= 11 is 0. The molecule has 0 saturated heterocycles. The first kappa shape index (κ1) is 13.7. The summed E-state index contributed by atoms with van der Waals surface area (Å²) in [6.45, 7) is 4.48. The zero-order valence-corrected chi connectivity index (χ0v) is 12.3. The molecule has 0 aromatic rings. The maximum atomic E-state index is 4.41. The van der Waals surface area contributed by atoms with Gasteiger partial charge in [-0.15, -0.1) is 0 Å². The zero-order valence-electron chi connectivity index (χ0n) is 12.3. The third-order valence-electron chi connectivity index (χ3n) is 4.81. The van der Waals surface area contributed by atoms with Crippen LogP contribution in [0.3, 0.4) is 0 Å². The average molecular weight is 251 g/mol. The van der Waals surface area contributed by atoms with Crippen molar-refractivity contribution in [3.8, 4) is 0 Å². The molecule has 0 amide bonds. The minimum Gasteiger partial charge on any atom is -0.356 e. The lowest BCUT2D eigenvalue weighted by Gasteiger charge is -2.43. The summed E-state index contributed by atoms with van der Waals surface area (Å²) in [5.41, 5.74) is 0.627. The second kappa shape index (κ2) is 5.94. The van der Waals surface area contributed by atoms with Crippen LogP contribution in [0.25, 0.3) is 0 Å². The molecule has 0 unspecified atom stereocenters. The smallest absolute Gasteiger partial charge is 0.193 e. The Bertz CT molecular complexity index is 290. The lowest BCUT2D eigenvalue weighted by molar-refractivity contribution is 0.105. The Morgan fingerprint density at radius 1 is 1.39 bits per heavy atom. The standard InChI is InChI=1S/C15H29N3/c1-4-5-11-18(3)14(16-2)17-12-15(9-6-10-15)13-7-8-13/h13H,4-12H2,1-3H3,(H,16,17). The molecule has 1 N–H and O–H groups in total. The molecular formula is C15H29N3. The van der Waals surface area contributed by atoms with Crippen LogP contribution in [-0.2, 0) is 0 Å². The molecule has 3 nitrogen and oxygen atoms in total. The molecule has 3 heteroatoms. The molecule has 2 aliphatic carbocycles. The second-order valence-electron chi connectivity index (χ2n) is 6.17. The van der Waals surface area contributed by atoms with Gasteiger partial charge in [0.25, 0.3) is 0 Å². The van der Waals surface area contributed by atoms with Crippen molar-refractivity contribution in [3.63, 3.8) is 0 Å². The molecule has 18 heavy (non-hydrogen) atoms. The van der Waals surface area contributed by atoms with Crippen molar-refractivity contribution in [3.05, 3.63) is 0 Å². The quantitative estimate of drug-likeness (QED) is 0.580. The first-order chi connectivity index (χ1) is 8.72. The zero-order chi connectivity index (χ0) is 13.0. The summed E-state index contributed by atoms with van der Waals surface area (Å²) < 4.78 is 0. The van der Waals surface area contributed by atoms with Crippen molar-refractivity contribution in [2.75, 3.05) is 27.2 Å². The molecule has 0 heterocycles. The fourth-order valence-corrected chi connectivity index (χ4v) is 3.20. The molecule has 0 aliphatic heterocycles. The van der Waals surface area contributed by atoms with E-state index in [9.17, 15) is 0 Å². The number of nitrogens with one attached hydrogen (secondary N) is 1. The average Bonchev–Trinajstić information content (AvgIpc) is 3.14.